The van der Waals surface area contributed by atoms with Crippen molar-refractivity contribution in [2.24, 2.45) is 0 Å². The molecular formula is C23H26N2O3S. The highest BCUT2D eigenvalue weighted by Crippen LogP contribution is 2.21. The molecule has 0 unspecified atom stereocenters. The summed E-state index contributed by atoms with van der Waals surface area (Å²) >= 11 is 0. The van der Waals surface area contributed by atoms with Crippen LogP contribution < -0.4 is 0 Å². The molecule has 3 aromatic rings. The van der Waals surface area contributed by atoms with Crippen LogP contribution in [0.5, 0.6) is 0 Å². The lowest BCUT2D eigenvalue weighted by Crippen LogP contribution is -2.39. The summed E-state index contributed by atoms with van der Waals surface area (Å²) in [6.07, 6.45) is 0. The van der Waals surface area contributed by atoms with Gasteiger partial charge in [-0.15, -0.1) is 0 Å². The number of amides is 1. The lowest BCUT2D eigenvalue weighted by molar-refractivity contribution is -0.130. The number of nitrogens with zero attached hydrogens (tertiary/aromatic N) is 2. The van der Waals surface area contributed by atoms with Gasteiger partial charge in [-0.25, -0.2) is 8.42 Å². The fourth-order valence-electron chi connectivity index (χ4n) is 3.27. The summed E-state index contributed by atoms with van der Waals surface area (Å²) in [5.41, 5.74) is 3.33. The Morgan fingerprint density at radius 2 is 1.59 bits per heavy atom. The largest absolute Gasteiger partial charge is 0.340 e. The monoisotopic (exact) mass is 410 g/mol. The first kappa shape index (κ1) is 21.0. The minimum atomic E-state index is -3.76. The third kappa shape index (κ3) is 4.66. The predicted octanol–water partition coefficient (Wildman–Crippen LogP) is 3.74. The molecule has 5 nitrogen and oxygen atoms in total. The molecule has 0 atom stereocenters. The van der Waals surface area contributed by atoms with E-state index in [4.69, 9.17) is 0 Å². The van der Waals surface area contributed by atoms with E-state index < -0.39 is 10.0 Å². The Hall–Kier alpha value is -2.70. The molecule has 0 aliphatic heterocycles. The van der Waals surface area contributed by atoms with Crippen molar-refractivity contribution < 1.29 is 13.2 Å². The normalized spacial score (nSPS) is 11.8. The topological polar surface area (TPSA) is 57.7 Å². The quantitative estimate of drug-likeness (QED) is 0.622. The number of rotatable bonds is 6. The highest BCUT2D eigenvalue weighted by Gasteiger charge is 2.24. The molecule has 0 saturated heterocycles. The van der Waals surface area contributed by atoms with Gasteiger partial charge in [-0.1, -0.05) is 54.1 Å². The Labute approximate surface area is 172 Å². The van der Waals surface area contributed by atoms with Crippen LogP contribution >= 0.6 is 0 Å². The van der Waals surface area contributed by atoms with Crippen LogP contribution in [0, 0.1) is 13.8 Å². The van der Waals surface area contributed by atoms with Gasteiger partial charge >= 0.3 is 0 Å². The molecule has 1 amide bonds. The summed E-state index contributed by atoms with van der Waals surface area (Å²) in [7, 11) is -0.629. The molecule has 0 spiro atoms. The van der Waals surface area contributed by atoms with Gasteiger partial charge in [-0.05, 0) is 47.9 Å². The van der Waals surface area contributed by atoms with E-state index in [1.54, 1.807) is 30.1 Å². The molecule has 0 N–H and O–H groups in total. The van der Waals surface area contributed by atoms with Crippen LogP contribution in [0.2, 0.25) is 0 Å². The summed E-state index contributed by atoms with van der Waals surface area (Å²) in [6.45, 7) is 4.26. The number of benzene rings is 3. The molecule has 3 rings (SSSR count). The summed E-state index contributed by atoms with van der Waals surface area (Å²) < 4.78 is 27.0. The Balaban J connectivity index is 1.73. The Morgan fingerprint density at radius 1 is 0.897 bits per heavy atom. The van der Waals surface area contributed by atoms with Gasteiger partial charge in [0.15, 0.2) is 0 Å². The number of fused-ring (bicyclic) bond motifs is 1. The van der Waals surface area contributed by atoms with E-state index >= 15 is 0 Å². The molecule has 0 fully saturated rings. The van der Waals surface area contributed by atoms with Gasteiger partial charge in [0.2, 0.25) is 15.9 Å². The van der Waals surface area contributed by atoms with Crippen molar-refractivity contribution in [3.63, 3.8) is 0 Å². The molecule has 152 valence electrons. The van der Waals surface area contributed by atoms with Crippen LogP contribution in [0.3, 0.4) is 0 Å². The van der Waals surface area contributed by atoms with E-state index in [1.165, 1.54) is 12.6 Å². The van der Waals surface area contributed by atoms with Gasteiger partial charge in [-0.2, -0.15) is 4.31 Å². The van der Waals surface area contributed by atoms with Crippen molar-refractivity contribution in [2.75, 3.05) is 20.6 Å². The molecule has 0 radical (unpaired) electrons. The maximum atomic E-state index is 12.9. The lowest BCUT2D eigenvalue weighted by atomic mass is 10.1. The highest BCUT2D eigenvalue weighted by atomic mass is 32.2. The molecule has 0 saturated carbocycles. The molecule has 0 aliphatic carbocycles. The smallest absolute Gasteiger partial charge is 0.243 e. The number of likely N-dealkylation sites (N-methyl/N-ethyl adjacent to an activating group) is 2. The average molecular weight is 411 g/mol. The van der Waals surface area contributed by atoms with Gasteiger partial charge in [0.1, 0.15) is 0 Å². The van der Waals surface area contributed by atoms with Crippen molar-refractivity contribution >= 4 is 26.7 Å². The first-order chi connectivity index (χ1) is 13.7. The second kappa shape index (κ2) is 8.35. The van der Waals surface area contributed by atoms with Crippen molar-refractivity contribution in [3.8, 4) is 0 Å². The van der Waals surface area contributed by atoms with Crippen molar-refractivity contribution in [2.45, 2.75) is 25.3 Å². The number of sulfonamides is 1. The fourth-order valence-corrected chi connectivity index (χ4v) is 4.43. The van der Waals surface area contributed by atoms with E-state index in [-0.39, 0.29) is 17.3 Å². The van der Waals surface area contributed by atoms with Gasteiger partial charge in [-0.3, -0.25) is 4.79 Å². The third-order valence-corrected chi connectivity index (χ3v) is 6.92. The van der Waals surface area contributed by atoms with E-state index in [9.17, 15) is 13.2 Å². The zero-order valence-electron chi connectivity index (χ0n) is 17.2. The third-order valence-electron chi connectivity index (χ3n) is 5.12. The van der Waals surface area contributed by atoms with Crippen LogP contribution in [-0.4, -0.2) is 44.2 Å². The van der Waals surface area contributed by atoms with Crippen LogP contribution in [-0.2, 0) is 21.4 Å². The van der Waals surface area contributed by atoms with E-state index in [0.29, 0.717) is 6.54 Å². The van der Waals surface area contributed by atoms with Gasteiger partial charge in [0, 0.05) is 20.6 Å². The van der Waals surface area contributed by atoms with Gasteiger partial charge in [0.25, 0.3) is 0 Å². The number of carbonyl (C=O) groups is 1. The highest BCUT2D eigenvalue weighted by molar-refractivity contribution is 7.89. The predicted molar refractivity (Wildman–Crippen MR) is 116 cm³/mol. The molecule has 29 heavy (non-hydrogen) atoms. The van der Waals surface area contributed by atoms with Crippen molar-refractivity contribution in [1.82, 2.24) is 9.21 Å². The SMILES string of the molecule is Cc1ccc(CN(C)C(=O)CN(C)S(=O)(=O)c2ccc3ccccc3c2)c(C)c1. The first-order valence-electron chi connectivity index (χ1n) is 9.44. The molecule has 0 heterocycles. The molecule has 0 bridgehead atoms. The number of hydrogen-bond acceptors (Lipinski definition) is 3. The van der Waals surface area contributed by atoms with E-state index in [0.717, 1.165) is 26.2 Å². The van der Waals surface area contributed by atoms with Crippen molar-refractivity contribution in [1.29, 1.82) is 0 Å². The second-order valence-corrected chi connectivity index (χ2v) is 9.49. The van der Waals surface area contributed by atoms with Gasteiger partial charge in [0.05, 0.1) is 11.4 Å². The molecular weight excluding hydrogens is 384 g/mol. The molecule has 3 aromatic carbocycles. The number of aryl methyl sites for hydroxylation is 2. The van der Waals surface area contributed by atoms with Crippen molar-refractivity contribution in [3.05, 3.63) is 77.4 Å². The number of carbonyl (C=O) groups excluding carboxylic acids is 1. The van der Waals surface area contributed by atoms with E-state index in [1.807, 2.05) is 50.2 Å². The Kier molecular flexibility index (Phi) is 6.05. The second-order valence-electron chi connectivity index (χ2n) is 7.45. The Morgan fingerprint density at radius 3 is 2.28 bits per heavy atom. The van der Waals surface area contributed by atoms with Crippen LogP contribution in [0.4, 0.5) is 0 Å². The standard InChI is InChI=1S/C23H26N2O3S/c1-17-9-10-21(18(2)13-17)15-24(3)23(26)16-25(4)29(27,28)22-12-11-19-7-5-6-8-20(19)14-22/h5-14H,15-16H2,1-4H3. The number of hydrogen-bond donors (Lipinski definition) is 0. The summed E-state index contributed by atoms with van der Waals surface area (Å²) in [5, 5.41) is 1.82. The van der Waals surface area contributed by atoms with Crippen LogP contribution in [0.15, 0.2) is 65.6 Å². The van der Waals surface area contributed by atoms with Gasteiger partial charge < -0.3 is 4.90 Å². The summed E-state index contributed by atoms with van der Waals surface area (Å²) in [6, 6.07) is 18.7. The fraction of sp³-hybridized carbons (Fsp3) is 0.261. The molecule has 0 aromatic heterocycles. The van der Waals surface area contributed by atoms with E-state index in [2.05, 4.69) is 6.07 Å². The average Bonchev–Trinajstić information content (AvgIpc) is 2.69. The minimum Gasteiger partial charge on any atom is -0.340 e. The maximum absolute atomic E-state index is 12.9. The summed E-state index contributed by atoms with van der Waals surface area (Å²) in [5.74, 6) is -0.253. The zero-order valence-corrected chi connectivity index (χ0v) is 18.0. The lowest BCUT2D eigenvalue weighted by Gasteiger charge is -2.23. The maximum Gasteiger partial charge on any atom is 0.243 e. The first-order valence-corrected chi connectivity index (χ1v) is 10.9. The zero-order chi connectivity index (χ0) is 21.2. The summed E-state index contributed by atoms with van der Waals surface area (Å²) in [4.78, 5) is 14.4. The molecule has 6 heteroatoms. The molecule has 0 aliphatic rings. The van der Waals surface area contributed by atoms with Crippen LogP contribution in [0.25, 0.3) is 10.8 Å². The minimum absolute atomic E-state index is 0.184. The van der Waals surface area contributed by atoms with Crippen LogP contribution in [0.1, 0.15) is 16.7 Å². The Bertz CT molecular complexity index is 1160.